The van der Waals surface area contributed by atoms with E-state index in [4.69, 9.17) is 4.74 Å². The number of carbonyl (C=O) groups is 1. The van der Waals surface area contributed by atoms with Crippen LogP contribution in [-0.4, -0.2) is 44.7 Å². The van der Waals surface area contributed by atoms with Crippen molar-refractivity contribution in [3.8, 4) is 0 Å². The molecule has 6 nitrogen and oxygen atoms in total. The number of nitrogens with one attached hydrogen (secondary N) is 3. The van der Waals surface area contributed by atoms with Gasteiger partial charge in [0.15, 0.2) is 5.96 Å². The maximum atomic E-state index is 12.1. The molecule has 0 atom stereocenters. The number of carbonyl (C=O) groups excluding carboxylic acids is 1. The highest BCUT2D eigenvalue weighted by Crippen LogP contribution is 2.19. The van der Waals surface area contributed by atoms with Gasteiger partial charge in [-0.1, -0.05) is 44.7 Å². The molecule has 28 heavy (non-hydrogen) atoms. The SMILES string of the molecule is CCCNC(=O)c1cccc(CNC(=NC)NCCOC2CCCCCC2)c1. The van der Waals surface area contributed by atoms with Gasteiger partial charge in [0.05, 0.1) is 12.7 Å². The Morgan fingerprint density at radius 2 is 1.89 bits per heavy atom. The quantitative estimate of drug-likeness (QED) is 0.263. The number of ether oxygens (including phenoxy) is 1. The summed E-state index contributed by atoms with van der Waals surface area (Å²) in [6, 6.07) is 7.67. The lowest BCUT2D eigenvalue weighted by atomic mass is 10.1. The maximum Gasteiger partial charge on any atom is 0.251 e. The smallest absolute Gasteiger partial charge is 0.251 e. The molecule has 0 spiro atoms. The minimum atomic E-state index is -0.0260. The van der Waals surface area contributed by atoms with Gasteiger partial charge in [-0.3, -0.25) is 9.79 Å². The van der Waals surface area contributed by atoms with E-state index in [1.807, 2.05) is 31.2 Å². The zero-order chi connectivity index (χ0) is 20.0. The van der Waals surface area contributed by atoms with E-state index in [1.165, 1.54) is 38.5 Å². The van der Waals surface area contributed by atoms with E-state index in [0.29, 0.717) is 31.4 Å². The molecular weight excluding hydrogens is 352 g/mol. The molecule has 1 aliphatic rings. The predicted molar refractivity (Wildman–Crippen MR) is 115 cm³/mol. The van der Waals surface area contributed by atoms with Gasteiger partial charge in [0.2, 0.25) is 0 Å². The summed E-state index contributed by atoms with van der Waals surface area (Å²) in [6.45, 7) is 4.77. The fraction of sp³-hybridized carbons (Fsp3) is 0.636. The lowest BCUT2D eigenvalue weighted by Crippen LogP contribution is -2.39. The van der Waals surface area contributed by atoms with Crippen LogP contribution in [0.3, 0.4) is 0 Å². The fourth-order valence-corrected chi connectivity index (χ4v) is 3.37. The first-order valence-electron chi connectivity index (χ1n) is 10.7. The van der Waals surface area contributed by atoms with Gasteiger partial charge < -0.3 is 20.7 Å². The van der Waals surface area contributed by atoms with Gasteiger partial charge in [-0.25, -0.2) is 0 Å². The fourth-order valence-electron chi connectivity index (χ4n) is 3.37. The topological polar surface area (TPSA) is 74.8 Å². The van der Waals surface area contributed by atoms with Crippen molar-refractivity contribution in [1.82, 2.24) is 16.0 Å². The monoisotopic (exact) mass is 388 g/mol. The molecule has 0 aromatic heterocycles. The number of nitrogens with zero attached hydrogens (tertiary/aromatic N) is 1. The van der Waals surface area contributed by atoms with Crippen molar-refractivity contribution in [3.63, 3.8) is 0 Å². The molecule has 2 rings (SSSR count). The first kappa shape index (κ1) is 22.2. The average Bonchev–Trinajstić information content (AvgIpc) is 3.00. The largest absolute Gasteiger partial charge is 0.376 e. The van der Waals surface area contributed by atoms with Gasteiger partial charge in [0.1, 0.15) is 0 Å². The zero-order valence-corrected chi connectivity index (χ0v) is 17.4. The molecule has 1 aromatic rings. The summed E-state index contributed by atoms with van der Waals surface area (Å²) in [5.74, 6) is 0.715. The standard InChI is InChI=1S/C22H36N4O2/c1-3-13-24-21(27)19-10-8-9-18(16-19)17-26-22(23-2)25-14-15-28-20-11-6-4-5-7-12-20/h8-10,16,20H,3-7,11-15,17H2,1-2H3,(H,24,27)(H2,23,25,26). The van der Waals surface area contributed by atoms with Gasteiger partial charge in [-0.05, 0) is 37.0 Å². The second-order valence-corrected chi connectivity index (χ2v) is 7.29. The van der Waals surface area contributed by atoms with Crippen LogP contribution in [0.5, 0.6) is 0 Å². The molecular formula is C22H36N4O2. The molecule has 1 aromatic carbocycles. The molecule has 3 N–H and O–H groups in total. The third kappa shape index (κ3) is 8.30. The first-order valence-corrected chi connectivity index (χ1v) is 10.7. The highest BCUT2D eigenvalue weighted by atomic mass is 16.5. The van der Waals surface area contributed by atoms with Crippen LogP contribution < -0.4 is 16.0 Å². The second-order valence-electron chi connectivity index (χ2n) is 7.29. The number of aliphatic imine (C=N–C) groups is 1. The molecule has 0 aliphatic heterocycles. The van der Waals surface area contributed by atoms with Crippen LogP contribution >= 0.6 is 0 Å². The molecule has 156 valence electrons. The van der Waals surface area contributed by atoms with E-state index in [1.54, 1.807) is 7.05 Å². The van der Waals surface area contributed by atoms with Crippen LogP contribution in [-0.2, 0) is 11.3 Å². The number of hydrogen-bond donors (Lipinski definition) is 3. The summed E-state index contributed by atoms with van der Waals surface area (Å²) in [5, 5.41) is 9.50. The number of rotatable bonds is 9. The van der Waals surface area contributed by atoms with Crippen molar-refractivity contribution < 1.29 is 9.53 Å². The van der Waals surface area contributed by atoms with Gasteiger partial charge >= 0.3 is 0 Å². The number of amides is 1. The highest BCUT2D eigenvalue weighted by molar-refractivity contribution is 5.94. The van der Waals surface area contributed by atoms with E-state index in [9.17, 15) is 4.79 Å². The second kappa shape index (κ2) is 13.2. The van der Waals surface area contributed by atoms with Gasteiger partial charge in [-0.15, -0.1) is 0 Å². The van der Waals surface area contributed by atoms with E-state index >= 15 is 0 Å². The third-order valence-corrected chi connectivity index (χ3v) is 4.96. The van der Waals surface area contributed by atoms with Crippen LogP contribution in [0.2, 0.25) is 0 Å². The Morgan fingerprint density at radius 3 is 2.61 bits per heavy atom. The Balaban J connectivity index is 1.70. The molecule has 0 unspecified atom stereocenters. The molecule has 0 heterocycles. The molecule has 0 bridgehead atoms. The van der Waals surface area contributed by atoms with Crippen molar-refractivity contribution in [2.24, 2.45) is 4.99 Å². The molecule has 1 fully saturated rings. The van der Waals surface area contributed by atoms with Crippen molar-refractivity contribution in [3.05, 3.63) is 35.4 Å². The molecule has 0 radical (unpaired) electrons. The van der Waals surface area contributed by atoms with Crippen LogP contribution in [0.25, 0.3) is 0 Å². The predicted octanol–water partition coefficient (Wildman–Crippen LogP) is 3.23. The number of guanidine groups is 1. The molecule has 1 amide bonds. The van der Waals surface area contributed by atoms with Gasteiger partial charge in [0, 0.05) is 32.2 Å². The van der Waals surface area contributed by atoms with Crippen molar-refractivity contribution >= 4 is 11.9 Å². The third-order valence-electron chi connectivity index (χ3n) is 4.96. The van der Waals surface area contributed by atoms with Crippen LogP contribution in [0.1, 0.15) is 67.8 Å². The van der Waals surface area contributed by atoms with E-state index < -0.39 is 0 Å². The van der Waals surface area contributed by atoms with Gasteiger partial charge in [-0.2, -0.15) is 0 Å². The lowest BCUT2D eigenvalue weighted by Gasteiger charge is -2.17. The van der Waals surface area contributed by atoms with E-state index in [0.717, 1.165) is 24.5 Å². The summed E-state index contributed by atoms with van der Waals surface area (Å²) >= 11 is 0. The zero-order valence-electron chi connectivity index (χ0n) is 17.4. The van der Waals surface area contributed by atoms with Crippen molar-refractivity contribution in [2.75, 3.05) is 26.7 Å². The Morgan fingerprint density at radius 1 is 1.11 bits per heavy atom. The van der Waals surface area contributed by atoms with E-state index in [2.05, 4.69) is 20.9 Å². The van der Waals surface area contributed by atoms with E-state index in [-0.39, 0.29) is 5.91 Å². The minimum Gasteiger partial charge on any atom is -0.376 e. The number of benzene rings is 1. The van der Waals surface area contributed by atoms with Crippen molar-refractivity contribution in [1.29, 1.82) is 0 Å². The van der Waals surface area contributed by atoms with Crippen LogP contribution in [0.15, 0.2) is 29.3 Å². The summed E-state index contributed by atoms with van der Waals surface area (Å²) in [6.07, 6.45) is 8.99. The molecule has 6 heteroatoms. The summed E-state index contributed by atoms with van der Waals surface area (Å²) in [7, 11) is 1.76. The van der Waals surface area contributed by atoms with Gasteiger partial charge in [0.25, 0.3) is 5.91 Å². The molecule has 1 aliphatic carbocycles. The van der Waals surface area contributed by atoms with Crippen LogP contribution in [0.4, 0.5) is 0 Å². The minimum absolute atomic E-state index is 0.0260. The molecule has 0 saturated heterocycles. The Bertz CT molecular complexity index is 610. The Kier molecular flexibility index (Phi) is 10.4. The first-order chi connectivity index (χ1) is 13.7. The average molecular weight is 389 g/mol. The highest BCUT2D eigenvalue weighted by Gasteiger charge is 2.12. The normalized spacial score (nSPS) is 15.7. The Labute approximate surface area is 169 Å². The summed E-state index contributed by atoms with van der Waals surface area (Å²) < 4.78 is 6.01. The summed E-state index contributed by atoms with van der Waals surface area (Å²) in [4.78, 5) is 16.4. The summed E-state index contributed by atoms with van der Waals surface area (Å²) in [5.41, 5.74) is 1.73. The Hall–Kier alpha value is -2.08. The number of hydrogen-bond acceptors (Lipinski definition) is 3. The molecule has 1 saturated carbocycles. The maximum absolute atomic E-state index is 12.1. The lowest BCUT2D eigenvalue weighted by molar-refractivity contribution is 0.0468. The van der Waals surface area contributed by atoms with Crippen LogP contribution in [0, 0.1) is 0 Å². The van der Waals surface area contributed by atoms with Crippen molar-refractivity contribution in [2.45, 2.75) is 64.5 Å².